The lowest BCUT2D eigenvalue weighted by molar-refractivity contribution is 0.0219. The number of H-pyrrole nitrogens is 2. The van der Waals surface area contributed by atoms with E-state index in [1.165, 1.54) is 24.3 Å². The van der Waals surface area contributed by atoms with E-state index in [-0.39, 0.29) is 23.3 Å². The van der Waals surface area contributed by atoms with Crippen LogP contribution in [0.2, 0.25) is 5.02 Å². The van der Waals surface area contributed by atoms with Gasteiger partial charge in [-0.25, -0.2) is 14.2 Å². The number of aromatic nitrogens is 5. The number of hydrogen-bond acceptors (Lipinski definition) is 8. The molecule has 1 atom stereocenters. The number of fused-ring (bicyclic) bond motifs is 1. The molecule has 0 radical (unpaired) electrons. The second-order valence-electron chi connectivity index (χ2n) is 8.41. The summed E-state index contributed by atoms with van der Waals surface area (Å²) in [6, 6.07) is 6.03. The minimum Gasteiger partial charge on any atom is -0.493 e. The summed E-state index contributed by atoms with van der Waals surface area (Å²) in [5.41, 5.74) is 0.674. The fourth-order valence-electron chi connectivity index (χ4n) is 3.98. The molecule has 4 aromatic rings. The smallest absolute Gasteiger partial charge is 0.326 e. The molecule has 1 aromatic carbocycles. The van der Waals surface area contributed by atoms with E-state index < -0.39 is 11.5 Å². The molecule has 5 rings (SSSR count). The van der Waals surface area contributed by atoms with E-state index in [0.717, 1.165) is 13.1 Å². The molecule has 1 aliphatic rings. The highest BCUT2D eigenvalue weighted by atomic mass is 35.5. The molecule has 3 aromatic heterocycles. The van der Waals surface area contributed by atoms with Crippen LogP contribution in [0.25, 0.3) is 11.7 Å². The van der Waals surface area contributed by atoms with Gasteiger partial charge in [0.15, 0.2) is 11.1 Å². The Morgan fingerprint density at radius 3 is 2.89 bits per heavy atom. The summed E-state index contributed by atoms with van der Waals surface area (Å²) in [7, 11) is 0. The quantitative estimate of drug-likeness (QED) is 0.303. The van der Waals surface area contributed by atoms with Gasteiger partial charge in [0.2, 0.25) is 5.88 Å². The van der Waals surface area contributed by atoms with Crippen LogP contribution >= 0.6 is 11.6 Å². The van der Waals surface area contributed by atoms with E-state index in [4.69, 9.17) is 21.3 Å². The van der Waals surface area contributed by atoms with Crippen molar-refractivity contribution in [1.29, 1.82) is 0 Å². The summed E-state index contributed by atoms with van der Waals surface area (Å²) >= 11 is 6.05. The zero-order valence-electron chi connectivity index (χ0n) is 19.3. The SMILES string of the molecule is CC(CN=c1cc(Nc2cc(Cl)ccc2F)nc2/c(=C\c3[nH]c(=O)[nH]c3O)cnn12)N1CCOCC1. The molecule has 0 saturated carbocycles. The number of benzene rings is 1. The molecule has 11 nitrogen and oxygen atoms in total. The first-order chi connectivity index (χ1) is 17.4. The summed E-state index contributed by atoms with van der Waals surface area (Å²) < 4.78 is 21.4. The van der Waals surface area contributed by atoms with Crippen molar-refractivity contribution in [1.82, 2.24) is 29.5 Å². The summed E-state index contributed by atoms with van der Waals surface area (Å²) in [5, 5.41) is 18.2. The maximum Gasteiger partial charge on any atom is 0.326 e. The number of halogens is 2. The summed E-state index contributed by atoms with van der Waals surface area (Å²) in [4.78, 5) is 28.0. The van der Waals surface area contributed by atoms with Crippen LogP contribution in [-0.4, -0.2) is 73.5 Å². The Labute approximate surface area is 208 Å². The highest BCUT2D eigenvalue weighted by molar-refractivity contribution is 6.30. The fourth-order valence-corrected chi connectivity index (χ4v) is 4.15. The summed E-state index contributed by atoms with van der Waals surface area (Å²) in [5.74, 6) is -0.474. The molecule has 0 spiro atoms. The minimum atomic E-state index is -0.547. The van der Waals surface area contributed by atoms with Gasteiger partial charge < -0.3 is 20.1 Å². The fraction of sp³-hybridized carbons (Fsp3) is 0.304. The van der Waals surface area contributed by atoms with Crippen LogP contribution in [0.3, 0.4) is 0 Å². The van der Waals surface area contributed by atoms with Crippen molar-refractivity contribution in [3.05, 3.63) is 68.2 Å². The number of aromatic hydroxyl groups is 1. The lowest BCUT2D eigenvalue weighted by Crippen LogP contribution is -2.43. The average molecular weight is 515 g/mol. The van der Waals surface area contributed by atoms with Gasteiger partial charge in [-0.3, -0.25) is 14.9 Å². The normalized spacial score (nSPS) is 16.6. The van der Waals surface area contributed by atoms with Crippen LogP contribution in [0.4, 0.5) is 15.9 Å². The molecule has 1 unspecified atom stereocenters. The maximum atomic E-state index is 14.4. The van der Waals surface area contributed by atoms with E-state index in [9.17, 15) is 14.3 Å². The van der Waals surface area contributed by atoms with E-state index >= 15 is 0 Å². The Morgan fingerprint density at radius 2 is 2.14 bits per heavy atom. The van der Waals surface area contributed by atoms with E-state index in [0.29, 0.717) is 47.0 Å². The lowest BCUT2D eigenvalue weighted by atomic mass is 10.2. The van der Waals surface area contributed by atoms with Crippen LogP contribution < -0.4 is 21.7 Å². The number of aromatic amines is 2. The molecule has 0 amide bonds. The molecular weight excluding hydrogens is 491 g/mol. The van der Waals surface area contributed by atoms with Crippen molar-refractivity contribution < 1.29 is 14.2 Å². The van der Waals surface area contributed by atoms with Gasteiger partial charge >= 0.3 is 5.69 Å². The predicted octanol–water partition coefficient (Wildman–Crippen LogP) is 1.16. The van der Waals surface area contributed by atoms with Gasteiger partial charge in [0, 0.05) is 35.4 Å². The van der Waals surface area contributed by atoms with E-state index in [1.807, 2.05) is 0 Å². The Balaban J connectivity index is 1.60. The number of nitrogens with one attached hydrogen (secondary N) is 3. The van der Waals surface area contributed by atoms with Gasteiger partial charge in [-0.15, -0.1) is 0 Å². The summed E-state index contributed by atoms with van der Waals surface area (Å²) in [6.45, 7) is 5.64. The molecule has 4 heterocycles. The molecule has 13 heteroatoms. The van der Waals surface area contributed by atoms with Crippen molar-refractivity contribution in [3.8, 4) is 5.88 Å². The highest BCUT2D eigenvalue weighted by Gasteiger charge is 2.17. The van der Waals surface area contributed by atoms with Crippen LogP contribution in [0.1, 0.15) is 12.6 Å². The third kappa shape index (κ3) is 5.10. The first kappa shape index (κ1) is 24.0. The van der Waals surface area contributed by atoms with Crippen molar-refractivity contribution in [2.75, 3.05) is 38.2 Å². The molecule has 36 heavy (non-hydrogen) atoms. The van der Waals surface area contributed by atoms with Gasteiger partial charge in [0.05, 0.1) is 31.6 Å². The van der Waals surface area contributed by atoms with Crippen molar-refractivity contribution >= 4 is 34.8 Å². The number of anilines is 2. The molecule has 1 fully saturated rings. The first-order valence-electron chi connectivity index (χ1n) is 11.3. The Kier molecular flexibility index (Phi) is 6.72. The third-order valence-corrected chi connectivity index (χ3v) is 6.13. The van der Waals surface area contributed by atoms with Gasteiger partial charge in [-0.1, -0.05) is 11.6 Å². The second-order valence-corrected chi connectivity index (χ2v) is 8.84. The Hall–Kier alpha value is -3.74. The van der Waals surface area contributed by atoms with Crippen molar-refractivity contribution in [2.45, 2.75) is 13.0 Å². The standard InChI is InChI=1S/C23H24ClFN8O3/c1-13(32-4-6-36-7-5-32)11-26-20-10-19(28-17-9-15(24)2-3-16(17)25)30-21-14(12-27-33(20)21)8-18-22(34)31-23(35)29-18/h2-3,8-10,12-13,28,34H,4-7,11H2,1H3,(H2,29,31,35)/b14-8-,26-20?. The van der Waals surface area contributed by atoms with Crippen molar-refractivity contribution in [2.24, 2.45) is 4.99 Å². The molecule has 4 N–H and O–H groups in total. The monoisotopic (exact) mass is 514 g/mol. The van der Waals surface area contributed by atoms with Crippen LogP contribution in [0.15, 0.2) is 40.2 Å². The number of hydrogen-bond donors (Lipinski definition) is 4. The van der Waals surface area contributed by atoms with E-state index in [1.54, 1.807) is 16.8 Å². The topological polar surface area (TPSA) is 136 Å². The van der Waals surface area contributed by atoms with Gasteiger partial charge in [0.1, 0.15) is 17.3 Å². The highest BCUT2D eigenvalue weighted by Crippen LogP contribution is 2.22. The van der Waals surface area contributed by atoms with Crippen LogP contribution in [0, 0.1) is 5.82 Å². The van der Waals surface area contributed by atoms with E-state index in [2.05, 4.69) is 37.2 Å². The van der Waals surface area contributed by atoms with Gasteiger partial charge in [-0.2, -0.15) is 9.61 Å². The average Bonchev–Trinajstić information content (AvgIpc) is 3.42. The Bertz CT molecular complexity index is 1570. The second kappa shape index (κ2) is 10.1. The lowest BCUT2D eigenvalue weighted by Gasteiger charge is -2.31. The number of morpholine rings is 1. The predicted molar refractivity (Wildman–Crippen MR) is 132 cm³/mol. The summed E-state index contributed by atoms with van der Waals surface area (Å²) in [6.07, 6.45) is 3.08. The number of nitrogens with zero attached hydrogens (tertiary/aromatic N) is 5. The zero-order chi connectivity index (χ0) is 25.2. The largest absolute Gasteiger partial charge is 0.493 e. The minimum absolute atomic E-state index is 0.157. The number of ether oxygens (including phenoxy) is 1. The molecule has 1 saturated heterocycles. The number of rotatable bonds is 6. The zero-order valence-corrected chi connectivity index (χ0v) is 20.1. The molecule has 1 aliphatic heterocycles. The third-order valence-electron chi connectivity index (χ3n) is 5.89. The van der Waals surface area contributed by atoms with Gasteiger partial charge in [-0.05, 0) is 31.2 Å². The Morgan fingerprint density at radius 1 is 1.33 bits per heavy atom. The molecule has 0 bridgehead atoms. The first-order valence-corrected chi connectivity index (χ1v) is 11.7. The molecule has 0 aliphatic carbocycles. The number of imidazole rings is 1. The maximum absolute atomic E-state index is 14.4. The van der Waals surface area contributed by atoms with Crippen LogP contribution in [-0.2, 0) is 4.74 Å². The van der Waals surface area contributed by atoms with Crippen LogP contribution in [0.5, 0.6) is 5.88 Å². The van der Waals surface area contributed by atoms with Gasteiger partial charge in [0.25, 0.3) is 0 Å². The van der Waals surface area contributed by atoms with Crippen molar-refractivity contribution in [3.63, 3.8) is 0 Å². The molecule has 188 valence electrons. The molecular formula is C23H24ClFN8O3.